The molecule has 24 heavy (non-hydrogen) atoms. The first kappa shape index (κ1) is 14.4. The summed E-state index contributed by atoms with van der Waals surface area (Å²) >= 11 is 0. The second-order valence-corrected chi connectivity index (χ2v) is 5.03. The minimum atomic E-state index is -4.61. The van der Waals surface area contributed by atoms with Crippen LogP contribution in [0.1, 0.15) is 5.82 Å². The van der Waals surface area contributed by atoms with Crippen LogP contribution in [0.2, 0.25) is 0 Å². The summed E-state index contributed by atoms with van der Waals surface area (Å²) in [6.45, 7) is 0. The zero-order valence-corrected chi connectivity index (χ0v) is 12.0. The zero-order chi connectivity index (χ0) is 16.7. The molecule has 0 saturated heterocycles. The molecule has 0 spiro atoms. The average molecular weight is 330 g/mol. The Morgan fingerprint density at radius 1 is 0.917 bits per heavy atom. The summed E-state index contributed by atoms with van der Waals surface area (Å²) in [5.41, 5.74) is 2.01. The number of halogens is 3. The molecule has 0 amide bonds. The topological polar surface area (TPSA) is 60.9 Å². The number of aromatic nitrogens is 6. The van der Waals surface area contributed by atoms with Gasteiger partial charge in [0.1, 0.15) is 0 Å². The summed E-state index contributed by atoms with van der Waals surface area (Å²) in [6.07, 6.45) is 0.503. The molecular formula is C15H9F3N6. The van der Waals surface area contributed by atoms with E-state index in [4.69, 9.17) is 0 Å². The molecule has 0 aliphatic heterocycles. The van der Waals surface area contributed by atoms with E-state index in [1.165, 1.54) is 6.07 Å². The van der Waals surface area contributed by atoms with Gasteiger partial charge < -0.3 is 4.57 Å². The highest BCUT2D eigenvalue weighted by Crippen LogP contribution is 2.28. The second kappa shape index (κ2) is 5.15. The van der Waals surface area contributed by atoms with Gasteiger partial charge in [0.2, 0.25) is 0 Å². The number of nitrogens with zero attached hydrogens (tertiary/aromatic N) is 6. The number of alkyl halides is 3. The average Bonchev–Trinajstić information content (AvgIpc) is 3.23. The standard InChI is InChI=1S/C15H9F3N6/c16-15(17,18)14-21-20-13-6-5-12(22-24(13)14)10-1-3-11(4-2-10)23-8-7-19-9-23/h1-9H. The Balaban J connectivity index is 1.76. The lowest BCUT2D eigenvalue weighted by Gasteiger charge is -2.06. The van der Waals surface area contributed by atoms with Gasteiger partial charge in [-0.25, -0.2) is 4.98 Å². The van der Waals surface area contributed by atoms with E-state index in [0.29, 0.717) is 15.8 Å². The van der Waals surface area contributed by atoms with E-state index in [1.54, 1.807) is 36.9 Å². The van der Waals surface area contributed by atoms with Crippen LogP contribution >= 0.6 is 0 Å². The van der Waals surface area contributed by atoms with Gasteiger partial charge in [-0.15, -0.1) is 10.2 Å². The summed E-state index contributed by atoms with van der Waals surface area (Å²) in [7, 11) is 0. The van der Waals surface area contributed by atoms with Crippen LogP contribution in [0, 0.1) is 0 Å². The summed E-state index contributed by atoms with van der Waals surface area (Å²) < 4.78 is 41.3. The SMILES string of the molecule is FC(F)(F)c1nnc2ccc(-c3ccc(-n4ccnc4)cc3)nn12. The van der Waals surface area contributed by atoms with Gasteiger partial charge in [-0.1, -0.05) is 12.1 Å². The summed E-state index contributed by atoms with van der Waals surface area (Å²) in [4.78, 5) is 3.97. The molecule has 0 unspecified atom stereocenters. The van der Waals surface area contributed by atoms with Crippen LogP contribution < -0.4 is 0 Å². The number of hydrogen-bond donors (Lipinski definition) is 0. The van der Waals surface area contributed by atoms with E-state index >= 15 is 0 Å². The molecule has 6 nitrogen and oxygen atoms in total. The van der Waals surface area contributed by atoms with Crippen molar-refractivity contribution in [3.63, 3.8) is 0 Å². The molecule has 9 heteroatoms. The molecule has 0 atom stereocenters. The molecule has 0 saturated carbocycles. The van der Waals surface area contributed by atoms with Crippen molar-refractivity contribution in [2.24, 2.45) is 0 Å². The maximum Gasteiger partial charge on any atom is 0.453 e. The number of hydrogen-bond acceptors (Lipinski definition) is 4. The quantitative estimate of drug-likeness (QED) is 0.567. The minimum absolute atomic E-state index is 0.0427. The molecule has 1 aromatic carbocycles. The van der Waals surface area contributed by atoms with E-state index in [-0.39, 0.29) is 5.65 Å². The molecule has 3 heterocycles. The van der Waals surface area contributed by atoms with E-state index in [9.17, 15) is 13.2 Å². The van der Waals surface area contributed by atoms with Crippen LogP contribution in [0.4, 0.5) is 13.2 Å². The van der Waals surface area contributed by atoms with Gasteiger partial charge >= 0.3 is 6.18 Å². The zero-order valence-electron chi connectivity index (χ0n) is 12.0. The second-order valence-electron chi connectivity index (χ2n) is 5.03. The van der Waals surface area contributed by atoms with Crippen LogP contribution in [0.3, 0.4) is 0 Å². The predicted molar refractivity (Wildman–Crippen MR) is 78.3 cm³/mol. The fraction of sp³-hybridized carbons (Fsp3) is 0.0667. The Hall–Kier alpha value is -3.23. The third-order valence-corrected chi connectivity index (χ3v) is 3.48. The van der Waals surface area contributed by atoms with Crippen molar-refractivity contribution in [1.82, 2.24) is 29.4 Å². The highest BCUT2D eigenvalue weighted by atomic mass is 19.4. The fourth-order valence-electron chi connectivity index (χ4n) is 2.34. The van der Waals surface area contributed by atoms with Gasteiger partial charge in [-0.3, -0.25) is 0 Å². The van der Waals surface area contributed by atoms with Gasteiger partial charge in [0.05, 0.1) is 12.0 Å². The van der Waals surface area contributed by atoms with Crippen LogP contribution in [0.5, 0.6) is 0 Å². The van der Waals surface area contributed by atoms with Crippen molar-refractivity contribution in [2.75, 3.05) is 0 Å². The lowest BCUT2D eigenvalue weighted by molar-refractivity contribution is -0.146. The monoisotopic (exact) mass is 330 g/mol. The minimum Gasteiger partial charge on any atom is -0.306 e. The van der Waals surface area contributed by atoms with Crippen LogP contribution in [0.25, 0.3) is 22.6 Å². The number of benzene rings is 1. The van der Waals surface area contributed by atoms with E-state index < -0.39 is 12.0 Å². The van der Waals surface area contributed by atoms with Crippen molar-refractivity contribution >= 4 is 5.65 Å². The maximum absolute atomic E-state index is 12.9. The molecule has 0 aliphatic rings. The molecule has 0 radical (unpaired) electrons. The molecular weight excluding hydrogens is 321 g/mol. The van der Waals surface area contributed by atoms with Crippen molar-refractivity contribution in [3.05, 3.63) is 60.9 Å². The molecule has 4 aromatic rings. The lowest BCUT2D eigenvalue weighted by Crippen LogP contribution is -2.12. The molecule has 0 fully saturated rings. The lowest BCUT2D eigenvalue weighted by atomic mass is 10.1. The normalized spacial score (nSPS) is 12.0. The van der Waals surface area contributed by atoms with Crippen molar-refractivity contribution < 1.29 is 13.2 Å². The van der Waals surface area contributed by atoms with E-state index in [2.05, 4.69) is 20.3 Å². The molecule has 0 bridgehead atoms. The number of imidazole rings is 1. The predicted octanol–water partition coefficient (Wildman–Crippen LogP) is 3.00. The number of rotatable bonds is 2. The Kier molecular flexibility index (Phi) is 3.08. The molecule has 4 rings (SSSR count). The number of fused-ring (bicyclic) bond motifs is 1. The van der Waals surface area contributed by atoms with E-state index in [0.717, 1.165) is 5.69 Å². The van der Waals surface area contributed by atoms with Gasteiger partial charge in [0.25, 0.3) is 5.82 Å². The Bertz CT molecular complexity index is 986. The fourth-order valence-corrected chi connectivity index (χ4v) is 2.34. The van der Waals surface area contributed by atoms with Gasteiger partial charge in [-0.05, 0) is 24.3 Å². The molecule has 0 aliphatic carbocycles. The first-order chi connectivity index (χ1) is 11.5. The molecule has 120 valence electrons. The van der Waals surface area contributed by atoms with Crippen LogP contribution in [0.15, 0.2) is 55.1 Å². The highest BCUT2D eigenvalue weighted by Gasteiger charge is 2.37. The van der Waals surface area contributed by atoms with E-state index in [1.807, 2.05) is 16.7 Å². The van der Waals surface area contributed by atoms with Gasteiger partial charge in [-0.2, -0.15) is 22.8 Å². The first-order valence-corrected chi connectivity index (χ1v) is 6.91. The molecule has 0 N–H and O–H groups in total. The van der Waals surface area contributed by atoms with Crippen LogP contribution in [-0.2, 0) is 6.18 Å². The Morgan fingerprint density at radius 3 is 2.38 bits per heavy atom. The first-order valence-electron chi connectivity index (χ1n) is 6.91. The molecule has 3 aromatic heterocycles. The van der Waals surface area contributed by atoms with Crippen molar-refractivity contribution in [1.29, 1.82) is 0 Å². The van der Waals surface area contributed by atoms with Gasteiger partial charge in [0, 0.05) is 23.6 Å². The summed E-state index contributed by atoms with van der Waals surface area (Å²) in [5, 5.41) is 10.7. The Labute approximate surface area is 133 Å². The summed E-state index contributed by atoms with van der Waals surface area (Å²) in [5.74, 6) is -1.14. The third kappa shape index (κ3) is 2.39. The largest absolute Gasteiger partial charge is 0.453 e. The maximum atomic E-state index is 12.9. The summed E-state index contributed by atoms with van der Waals surface area (Å²) in [6, 6.07) is 10.3. The van der Waals surface area contributed by atoms with Crippen LogP contribution in [-0.4, -0.2) is 29.4 Å². The van der Waals surface area contributed by atoms with Crippen molar-refractivity contribution in [2.45, 2.75) is 6.18 Å². The van der Waals surface area contributed by atoms with Gasteiger partial charge in [0.15, 0.2) is 5.65 Å². The Morgan fingerprint density at radius 2 is 1.71 bits per heavy atom. The van der Waals surface area contributed by atoms with Crippen molar-refractivity contribution in [3.8, 4) is 16.9 Å². The highest BCUT2D eigenvalue weighted by molar-refractivity contribution is 5.61. The third-order valence-electron chi connectivity index (χ3n) is 3.48. The smallest absolute Gasteiger partial charge is 0.306 e.